The van der Waals surface area contributed by atoms with Gasteiger partial charge in [-0.1, -0.05) is 6.07 Å². The summed E-state index contributed by atoms with van der Waals surface area (Å²) in [5.74, 6) is 0.524. The molecule has 1 rings (SSSR count). The molecular weight excluding hydrogens is 257 g/mol. The average Bonchev–Trinajstić information content (AvgIpc) is 2.17. The summed E-state index contributed by atoms with van der Waals surface area (Å²) in [5, 5.41) is 0. The van der Waals surface area contributed by atoms with Gasteiger partial charge in [-0.15, -0.1) is 11.6 Å². The summed E-state index contributed by atoms with van der Waals surface area (Å²) in [5.41, 5.74) is -2.27. The molecule has 0 atom stereocenters. The molecule has 0 spiro atoms. The highest BCUT2D eigenvalue weighted by molar-refractivity contribution is 8.00. The SMILES string of the molecule is Cc1ccc(SC(F)(F)F)cc1CCCCl. The molecule has 1 aromatic carbocycles. The highest BCUT2D eigenvalue weighted by Gasteiger charge is 2.29. The maximum Gasteiger partial charge on any atom is 0.446 e. The first-order chi connectivity index (χ1) is 7.42. The Morgan fingerprint density at radius 3 is 2.56 bits per heavy atom. The molecular formula is C11H12ClF3S. The van der Waals surface area contributed by atoms with Gasteiger partial charge in [-0.25, -0.2) is 0 Å². The fourth-order valence-corrected chi connectivity index (χ4v) is 2.11. The number of benzene rings is 1. The van der Waals surface area contributed by atoms with Crippen LogP contribution in [0.5, 0.6) is 0 Å². The summed E-state index contributed by atoms with van der Waals surface area (Å²) >= 11 is 5.49. The Kier molecular flexibility index (Phi) is 4.99. The molecule has 5 heteroatoms. The molecule has 0 aliphatic carbocycles. The molecule has 0 aliphatic rings. The molecule has 0 aromatic heterocycles. The summed E-state index contributed by atoms with van der Waals surface area (Å²) in [6, 6.07) is 4.81. The predicted molar refractivity (Wildman–Crippen MR) is 62.1 cm³/mol. The number of alkyl halides is 4. The summed E-state index contributed by atoms with van der Waals surface area (Å²) < 4.78 is 36.5. The molecule has 0 bridgehead atoms. The van der Waals surface area contributed by atoms with E-state index in [1.165, 1.54) is 6.07 Å². The molecule has 0 amide bonds. The third-order valence-electron chi connectivity index (χ3n) is 2.13. The second kappa shape index (κ2) is 5.82. The Bertz CT molecular complexity index is 350. The second-order valence-electron chi connectivity index (χ2n) is 3.43. The Morgan fingerprint density at radius 2 is 2.00 bits per heavy atom. The van der Waals surface area contributed by atoms with Crippen LogP contribution < -0.4 is 0 Å². The lowest BCUT2D eigenvalue weighted by Gasteiger charge is -2.09. The van der Waals surface area contributed by atoms with Crippen molar-refractivity contribution in [2.24, 2.45) is 0 Å². The normalized spacial score (nSPS) is 11.8. The molecule has 0 N–H and O–H groups in total. The number of aryl methyl sites for hydroxylation is 2. The van der Waals surface area contributed by atoms with Crippen molar-refractivity contribution in [3.63, 3.8) is 0 Å². The number of rotatable bonds is 4. The van der Waals surface area contributed by atoms with Gasteiger partial charge in [0, 0.05) is 10.8 Å². The van der Waals surface area contributed by atoms with Crippen LogP contribution in [0, 0.1) is 6.92 Å². The number of halogens is 4. The predicted octanol–water partition coefficient (Wildman–Crippen LogP) is 4.78. The summed E-state index contributed by atoms with van der Waals surface area (Å²) in [7, 11) is 0. The van der Waals surface area contributed by atoms with Gasteiger partial charge in [0.1, 0.15) is 0 Å². The number of hydrogen-bond donors (Lipinski definition) is 0. The van der Waals surface area contributed by atoms with Gasteiger partial charge in [-0.3, -0.25) is 0 Å². The zero-order valence-corrected chi connectivity index (χ0v) is 10.3. The summed E-state index contributed by atoms with van der Waals surface area (Å²) in [6.07, 6.45) is 1.50. The van der Waals surface area contributed by atoms with Crippen molar-refractivity contribution in [3.8, 4) is 0 Å². The minimum Gasteiger partial charge on any atom is -0.160 e. The molecule has 90 valence electrons. The number of hydrogen-bond acceptors (Lipinski definition) is 1. The van der Waals surface area contributed by atoms with Crippen LogP contribution in [0.2, 0.25) is 0 Å². The van der Waals surface area contributed by atoms with E-state index in [0.29, 0.717) is 5.88 Å². The van der Waals surface area contributed by atoms with Crippen LogP contribution in [0.15, 0.2) is 23.1 Å². The van der Waals surface area contributed by atoms with Gasteiger partial charge in [0.15, 0.2) is 0 Å². The van der Waals surface area contributed by atoms with Crippen LogP contribution in [0.25, 0.3) is 0 Å². The van der Waals surface area contributed by atoms with E-state index in [-0.39, 0.29) is 16.7 Å². The molecule has 0 saturated heterocycles. The van der Waals surface area contributed by atoms with Gasteiger partial charge in [-0.05, 0) is 54.8 Å². The molecule has 0 fully saturated rings. The Balaban J connectivity index is 2.81. The minimum atomic E-state index is -4.22. The summed E-state index contributed by atoms with van der Waals surface area (Å²) in [4.78, 5) is 0.239. The third-order valence-corrected chi connectivity index (χ3v) is 3.12. The number of thioether (sulfide) groups is 1. The van der Waals surface area contributed by atoms with E-state index >= 15 is 0 Å². The van der Waals surface area contributed by atoms with Crippen LogP contribution in [0.3, 0.4) is 0 Å². The van der Waals surface area contributed by atoms with Crippen molar-refractivity contribution in [2.45, 2.75) is 30.2 Å². The van der Waals surface area contributed by atoms with E-state index in [9.17, 15) is 13.2 Å². The van der Waals surface area contributed by atoms with E-state index in [0.717, 1.165) is 24.0 Å². The topological polar surface area (TPSA) is 0 Å². The average molecular weight is 269 g/mol. The van der Waals surface area contributed by atoms with E-state index in [2.05, 4.69) is 0 Å². The first kappa shape index (κ1) is 13.7. The smallest absolute Gasteiger partial charge is 0.160 e. The lowest BCUT2D eigenvalue weighted by atomic mass is 10.0. The van der Waals surface area contributed by atoms with Crippen LogP contribution >= 0.6 is 23.4 Å². The maximum absolute atomic E-state index is 12.2. The monoisotopic (exact) mass is 268 g/mol. The third kappa shape index (κ3) is 4.66. The van der Waals surface area contributed by atoms with Gasteiger partial charge >= 0.3 is 5.51 Å². The summed E-state index contributed by atoms with van der Waals surface area (Å²) in [6.45, 7) is 1.89. The Hall–Kier alpha value is -0.350. The first-order valence-electron chi connectivity index (χ1n) is 4.83. The van der Waals surface area contributed by atoms with Crippen molar-refractivity contribution < 1.29 is 13.2 Å². The van der Waals surface area contributed by atoms with E-state index in [1.54, 1.807) is 12.1 Å². The van der Waals surface area contributed by atoms with Gasteiger partial charge < -0.3 is 0 Å². The standard InChI is InChI=1S/C11H12ClF3S/c1-8-4-5-10(16-11(13,14)15)7-9(8)3-2-6-12/h4-5,7H,2-3,6H2,1H3. The fraction of sp³-hybridized carbons (Fsp3) is 0.455. The van der Waals surface area contributed by atoms with E-state index in [1.807, 2.05) is 6.92 Å². The molecule has 0 radical (unpaired) electrons. The van der Waals surface area contributed by atoms with Gasteiger partial charge in [-0.2, -0.15) is 13.2 Å². The quantitative estimate of drug-likeness (QED) is 0.559. The second-order valence-corrected chi connectivity index (χ2v) is 4.95. The van der Waals surface area contributed by atoms with Gasteiger partial charge in [0.2, 0.25) is 0 Å². The molecule has 0 unspecified atom stereocenters. The zero-order valence-electron chi connectivity index (χ0n) is 8.77. The van der Waals surface area contributed by atoms with Gasteiger partial charge in [0.05, 0.1) is 0 Å². The highest BCUT2D eigenvalue weighted by Crippen LogP contribution is 2.37. The van der Waals surface area contributed by atoms with Crippen molar-refractivity contribution >= 4 is 23.4 Å². The van der Waals surface area contributed by atoms with Crippen molar-refractivity contribution in [1.82, 2.24) is 0 Å². The van der Waals surface area contributed by atoms with Crippen LogP contribution in [-0.4, -0.2) is 11.4 Å². The van der Waals surface area contributed by atoms with Crippen LogP contribution in [-0.2, 0) is 6.42 Å². The molecule has 0 heterocycles. The van der Waals surface area contributed by atoms with Crippen LogP contribution in [0.1, 0.15) is 17.5 Å². The molecule has 16 heavy (non-hydrogen) atoms. The first-order valence-corrected chi connectivity index (χ1v) is 6.19. The largest absolute Gasteiger partial charge is 0.446 e. The molecule has 0 aliphatic heterocycles. The molecule has 1 aromatic rings. The van der Waals surface area contributed by atoms with Crippen molar-refractivity contribution in [2.75, 3.05) is 5.88 Å². The van der Waals surface area contributed by atoms with Crippen LogP contribution in [0.4, 0.5) is 13.2 Å². The highest BCUT2D eigenvalue weighted by atomic mass is 35.5. The van der Waals surface area contributed by atoms with Crippen molar-refractivity contribution in [1.29, 1.82) is 0 Å². The fourth-order valence-electron chi connectivity index (χ4n) is 1.37. The van der Waals surface area contributed by atoms with E-state index < -0.39 is 5.51 Å². The lowest BCUT2D eigenvalue weighted by Crippen LogP contribution is -2.00. The van der Waals surface area contributed by atoms with Gasteiger partial charge in [0.25, 0.3) is 0 Å². The maximum atomic E-state index is 12.2. The van der Waals surface area contributed by atoms with E-state index in [4.69, 9.17) is 11.6 Å². The van der Waals surface area contributed by atoms with Crippen molar-refractivity contribution in [3.05, 3.63) is 29.3 Å². The lowest BCUT2D eigenvalue weighted by molar-refractivity contribution is -0.0328. The Labute approximate surface area is 102 Å². The zero-order chi connectivity index (χ0) is 12.2. The molecule has 0 nitrogen and oxygen atoms in total. The molecule has 0 saturated carbocycles. The Morgan fingerprint density at radius 1 is 1.31 bits per heavy atom. The minimum absolute atomic E-state index is 0.0759.